The van der Waals surface area contributed by atoms with Gasteiger partial charge in [-0.2, -0.15) is 12.6 Å². The molecule has 3 N–H and O–H groups in total. The molecule has 0 spiro atoms. The molecule has 0 bridgehead atoms. The SMILES string of the molecule is NS(=O)(=O)c1ccc(NC(=O)CS)cc1. The fourth-order valence-electron chi connectivity index (χ4n) is 0.928. The minimum atomic E-state index is -3.68. The highest BCUT2D eigenvalue weighted by molar-refractivity contribution is 7.89. The van der Waals surface area contributed by atoms with E-state index < -0.39 is 10.0 Å². The van der Waals surface area contributed by atoms with Gasteiger partial charge in [-0.1, -0.05) is 0 Å². The van der Waals surface area contributed by atoms with Crippen LogP contribution in [0.5, 0.6) is 0 Å². The number of thiol groups is 1. The molecule has 0 aliphatic heterocycles. The second-order valence-electron chi connectivity index (χ2n) is 2.78. The predicted molar refractivity (Wildman–Crippen MR) is 60.3 cm³/mol. The molecule has 1 rings (SSSR count). The number of sulfonamides is 1. The van der Waals surface area contributed by atoms with E-state index >= 15 is 0 Å². The smallest absolute Gasteiger partial charge is 0.238 e. The fourth-order valence-corrected chi connectivity index (χ4v) is 1.52. The first-order valence-corrected chi connectivity index (χ1v) is 6.15. The van der Waals surface area contributed by atoms with E-state index in [1.807, 2.05) is 0 Å². The largest absolute Gasteiger partial charge is 0.325 e. The Bertz CT molecular complexity index is 453. The summed E-state index contributed by atoms with van der Waals surface area (Å²) in [6.45, 7) is 0. The number of benzene rings is 1. The Kier molecular flexibility index (Phi) is 3.72. The molecule has 0 heterocycles. The Morgan fingerprint density at radius 3 is 2.27 bits per heavy atom. The monoisotopic (exact) mass is 246 g/mol. The molecule has 15 heavy (non-hydrogen) atoms. The molecule has 0 aliphatic carbocycles. The van der Waals surface area contributed by atoms with Crippen LogP contribution in [0.1, 0.15) is 0 Å². The number of nitrogens with two attached hydrogens (primary N) is 1. The van der Waals surface area contributed by atoms with Crippen molar-refractivity contribution in [2.75, 3.05) is 11.1 Å². The summed E-state index contributed by atoms with van der Waals surface area (Å²) in [5.41, 5.74) is 0.501. The van der Waals surface area contributed by atoms with Crippen LogP contribution in [0.2, 0.25) is 0 Å². The van der Waals surface area contributed by atoms with Crippen molar-refractivity contribution < 1.29 is 13.2 Å². The molecule has 0 fully saturated rings. The first kappa shape index (κ1) is 12.0. The summed E-state index contributed by atoms with van der Waals surface area (Å²) in [4.78, 5) is 10.9. The van der Waals surface area contributed by atoms with Crippen LogP contribution in [0.4, 0.5) is 5.69 Å². The summed E-state index contributed by atoms with van der Waals surface area (Å²) in [6, 6.07) is 5.56. The maximum absolute atomic E-state index is 10.9. The summed E-state index contributed by atoms with van der Waals surface area (Å²) in [7, 11) is -3.68. The number of carbonyl (C=O) groups is 1. The standard InChI is InChI=1S/C8H10N2O3S2/c9-15(12,13)7-3-1-6(2-4-7)10-8(11)5-14/h1-4,14H,5H2,(H,10,11)(H2,9,12,13). The molecule has 82 valence electrons. The average Bonchev–Trinajstić information content (AvgIpc) is 2.17. The lowest BCUT2D eigenvalue weighted by Gasteiger charge is -2.03. The molecule has 0 unspecified atom stereocenters. The van der Waals surface area contributed by atoms with Crippen molar-refractivity contribution in [2.45, 2.75) is 4.90 Å². The molecule has 0 aromatic heterocycles. The minimum Gasteiger partial charge on any atom is -0.325 e. The molecule has 1 aromatic rings. The van der Waals surface area contributed by atoms with Gasteiger partial charge in [0, 0.05) is 5.69 Å². The normalized spacial score (nSPS) is 11.1. The van der Waals surface area contributed by atoms with Gasteiger partial charge in [-0.25, -0.2) is 13.6 Å². The highest BCUT2D eigenvalue weighted by atomic mass is 32.2. The van der Waals surface area contributed by atoms with Gasteiger partial charge in [-0.05, 0) is 24.3 Å². The second kappa shape index (κ2) is 4.65. The molecule has 0 atom stereocenters. The summed E-state index contributed by atoms with van der Waals surface area (Å²) in [5, 5.41) is 7.43. The zero-order valence-corrected chi connectivity index (χ0v) is 9.38. The van der Waals surface area contributed by atoms with Gasteiger partial charge in [0.05, 0.1) is 10.6 Å². The zero-order chi connectivity index (χ0) is 11.5. The first-order valence-electron chi connectivity index (χ1n) is 3.97. The molecule has 7 heteroatoms. The Morgan fingerprint density at radius 2 is 1.87 bits per heavy atom. The van der Waals surface area contributed by atoms with Crippen molar-refractivity contribution in [3.8, 4) is 0 Å². The third kappa shape index (κ3) is 3.54. The summed E-state index contributed by atoms with van der Waals surface area (Å²) >= 11 is 3.78. The molecular formula is C8H10N2O3S2. The van der Waals surface area contributed by atoms with Gasteiger partial charge >= 0.3 is 0 Å². The predicted octanol–water partition coefficient (Wildman–Crippen LogP) is 0.202. The lowest BCUT2D eigenvalue weighted by molar-refractivity contribution is -0.113. The van der Waals surface area contributed by atoms with Crippen LogP contribution < -0.4 is 10.5 Å². The number of hydrogen-bond donors (Lipinski definition) is 3. The van der Waals surface area contributed by atoms with Crippen molar-refractivity contribution >= 4 is 34.2 Å². The quantitative estimate of drug-likeness (QED) is 0.666. The number of hydrogen-bond acceptors (Lipinski definition) is 4. The zero-order valence-electron chi connectivity index (χ0n) is 7.67. The molecule has 1 amide bonds. The highest BCUT2D eigenvalue weighted by Gasteiger charge is 2.07. The number of primary sulfonamides is 1. The third-order valence-corrected chi connectivity index (χ3v) is 2.83. The van der Waals surface area contributed by atoms with Crippen LogP contribution in [0, 0.1) is 0 Å². The number of carbonyl (C=O) groups excluding carboxylic acids is 1. The van der Waals surface area contributed by atoms with E-state index in [0.717, 1.165) is 0 Å². The van der Waals surface area contributed by atoms with Crippen molar-refractivity contribution in [2.24, 2.45) is 5.14 Å². The van der Waals surface area contributed by atoms with E-state index in [0.29, 0.717) is 5.69 Å². The molecular weight excluding hydrogens is 236 g/mol. The van der Waals surface area contributed by atoms with Gasteiger partial charge in [-0.3, -0.25) is 4.79 Å². The van der Waals surface area contributed by atoms with E-state index in [9.17, 15) is 13.2 Å². The topological polar surface area (TPSA) is 89.3 Å². The third-order valence-electron chi connectivity index (χ3n) is 1.61. The first-order chi connectivity index (χ1) is 6.93. The molecule has 0 radical (unpaired) electrons. The average molecular weight is 246 g/mol. The van der Waals surface area contributed by atoms with E-state index in [1.54, 1.807) is 0 Å². The molecule has 5 nitrogen and oxygen atoms in total. The van der Waals surface area contributed by atoms with Gasteiger partial charge in [-0.15, -0.1) is 0 Å². The summed E-state index contributed by atoms with van der Waals surface area (Å²) in [6.07, 6.45) is 0. The Hall–Kier alpha value is -1.05. The van der Waals surface area contributed by atoms with Crippen LogP contribution in [-0.2, 0) is 14.8 Å². The van der Waals surface area contributed by atoms with Gasteiger partial charge in [0.1, 0.15) is 0 Å². The number of anilines is 1. The summed E-state index contributed by atoms with van der Waals surface area (Å²) in [5.74, 6) is -0.196. The Morgan fingerprint density at radius 1 is 1.33 bits per heavy atom. The van der Waals surface area contributed by atoms with E-state index in [-0.39, 0.29) is 16.6 Å². The lowest BCUT2D eigenvalue weighted by atomic mass is 10.3. The van der Waals surface area contributed by atoms with E-state index in [1.165, 1.54) is 24.3 Å². The van der Waals surface area contributed by atoms with Gasteiger partial charge in [0.15, 0.2) is 0 Å². The summed E-state index contributed by atoms with van der Waals surface area (Å²) < 4.78 is 21.8. The van der Waals surface area contributed by atoms with E-state index in [4.69, 9.17) is 5.14 Å². The van der Waals surface area contributed by atoms with Crippen molar-refractivity contribution in [3.63, 3.8) is 0 Å². The molecule has 0 saturated carbocycles. The van der Waals surface area contributed by atoms with Gasteiger partial charge in [0.2, 0.25) is 15.9 Å². The van der Waals surface area contributed by atoms with Gasteiger partial charge < -0.3 is 5.32 Å². The fraction of sp³-hybridized carbons (Fsp3) is 0.125. The molecule has 0 saturated heterocycles. The van der Waals surface area contributed by atoms with Gasteiger partial charge in [0.25, 0.3) is 0 Å². The molecule has 1 aromatic carbocycles. The Balaban J connectivity index is 2.86. The van der Waals surface area contributed by atoms with Crippen LogP contribution >= 0.6 is 12.6 Å². The Labute approximate surface area is 93.1 Å². The number of rotatable bonds is 3. The second-order valence-corrected chi connectivity index (χ2v) is 4.65. The van der Waals surface area contributed by atoms with Crippen molar-refractivity contribution in [1.82, 2.24) is 0 Å². The van der Waals surface area contributed by atoms with Crippen molar-refractivity contribution in [3.05, 3.63) is 24.3 Å². The van der Waals surface area contributed by atoms with Crippen LogP contribution in [-0.4, -0.2) is 20.1 Å². The van der Waals surface area contributed by atoms with Crippen molar-refractivity contribution in [1.29, 1.82) is 0 Å². The van der Waals surface area contributed by atoms with Crippen LogP contribution in [0.25, 0.3) is 0 Å². The van der Waals surface area contributed by atoms with Crippen LogP contribution in [0.3, 0.4) is 0 Å². The van der Waals surface area contributed by atoms with Crippen LogP contribution in [0.15, 0.2) is 29.2 Å². The minimum absolute atomic E-state index is 0.00590. The highest BCUT2D eigenvalue weighted by Crippen LogP contribution is 2.12. The maximum atomic E-state index is 10.9. The number of amides is 1. The number of nitrogens with one attached hydrogen (secondary N) is 1. The maximum Gasteiger partial charge on any atom is 0.238 e. The lowest BCUT2D eigenvalue weighted by Crippen LogP contribution is -2.14. The molecule has 0 aliphatic rings. The van der Waals surface area contributed by atoms with E-state index in [2.05, 4.69) is 17.9 Å².